The van der Waals surface area contributed by atoms with Gasteiger partial charge in [-0.05, 0) is 42.8 Å². The number of carbonyl (C=O) groups excluding carboxylic acids is 1. The molecule has 0 spiro atoms. The smallest absolute Gasteiger partial charge is 0.241 e. The Balaban J connectivity index is 1.25. The number of benzene rings is 1. The van der Waals surface area contributed by atoms with Gasteiger partial charge < -0.3 is 9.80 Å². The number of aryl methyl sites for hydroxylation is 1. The van der Waals surface area contributed by atoms with Crippen molar-refractivity contribution in [2.24, 2.45) is 0 Å². The molecule has 1 unspecified atom stereocenters. The summed E-state index contributed by atoms with van der Waals surface area (Å²) in [5.74, 6) is 1.22. The van der Waals surface area contributed by atoms with Gasteiger partial charge in [0.15, 0.2) is 0 Å². The number of hydrogen-bond acceptors (Lipinski definition) is 6. The van der Waals surface area contributed by atoms with E-state index in [-0.39, 0.29) is 11.9 Å². The number of rotatable bonds is 3. The summed E-state index contributed by atoms with van der Waals surface area (Å²) in [6.45, 7) is 6.12. The second-order valence-electron chi connectivity index (χ2n) is 7.88. The van der Waals surface area contributed by atoms with Gasteiger partial charge in [0, 0.05) is 37.9 Å². The fourth-order valence-electron chi connectivity index (χ4n) is 4.48. The lowest BCUT2D eigenvalue weighted by molar-refractivity contribution is -0.120. The molecule has 4 heterocycles. The molecule has 5 rings (SSSR count). The Hall–Kier alpha value is -2.51. The van der Waals surface area contributed by atoms with Crippen molar-refractivity contribution in [2.45, 2.75) is 25.8 Å². The van der Waals surface area contributed by atoms with Crippen molar-refractivity contribution in [2.75, 3.05) is 42.5 Å². The lowest BCUT2D eigenvalue weighted by Gasteiger charge is -2.39. The van der Waals surface area contributed by atoms with Gasteiger partial charge in [0.1, 0.15) is 17.0 Å². The summed E-state index contributed by atoms with van der Waals surface area (Å²) in [7, 11) is 0. The Labute approximate surface area is 174 Å². The molecule has 0 aliphatic carbocycles. The highest BCUT2D eigenvalue weighted by molar-refractivity contribution is 7.16. The van der Waals surface area contributed by atoms with E-state index >= 15 is 0 Å². The van der Waals surface area contributed by atoms with Crippen LogP contribution in [-0.2, 0) is 11.2 Å². The monoisotopic (exact) mass is 407 g/mol. The number of hydrogen-bond donors (Lipinski definition) is 0. The summed E-state index contributed by atoms with van der Waals surface area (Å²) in [6, 6.07) is 10.7. The van der Waals surface area contributed by atoms with Crippen molar-refractivity contribution in [3.05, 3.63) is 47.6 Å². The molecule has 1 amide bonds. The van der Waals surface area contributed by atoms with Gasteiger partial charge in [-0.1, -0.05) is 18.2 Å². The molecular formula is C22H25N5OS. The largest absolute Gasteiger partial charge is 0.353 e. The van der Waals surface area contributed by atoms with Crippen LogP contribution in [0, 0.1) is 0 Å². The van der Waals surface area contributed by atoms with Crippen LogP contribution in [0.1, 0.15) is 18.9 Å². The van der Waals surface area contributed by atoms with Gasteiger partial charge in [-0.2, -0.15) is 0 Å². The number of amides is 1. The molecule has 29 heavy (non-hydrogen) atoms. The Morgan fingerprint density at radius 1 is 1.14 bits per heavy atom. The van der Waals surface area contributed by atoms with Crippen LogP contribution in [0.3, 0.4) is 0 Å². The van der Waals surface area contributed by atoms with E-state index in [4.69, 9.17) is 0 Å². The molecule has 1 saturated heterocycles. The van der Waals surface area contributed by atoms with Crippen molar-refractivity contribution in [1.82, 2.24) is 14.9 Å². The number of anilines is 2. The summed E-state index contributed by atoms with van der Waals surface area (Å²) in [5.41, 5.74) is 2.38. The Morgan fingerprint density at radius 3 is 2.83 bits per heavy atom. The van der Waals surface area contributed by atoms with E-state index in [1.807, 2.05) is 11.0 Å². The molecule has 1 fully saturated rings. The first kappa shape index (κ1) is 18.5. The SMILES string of the molecule is CC1CCc2ccccc2N1C(=O)CN1CCN(c2ncnc3sccc23)CC1. The molecular weight excluding hydrogens is 382 g/mol. The maximum atomic E-state index is 13.2. The van der Waals surface area contributed by atoms with Crippen LogP contribution >= 0.6 is 11.3 Å². The zero-order chi connectivity index (χ0) is 19.8. The summed E-state index contributed by atoms with van der Waals surface area (Å²) in [6.07, 6.45) is 3.73. The summed E-state index contributed by atoms with van der Waals surface area (Å²) >= 11 is 1.65. The van der Waals surface area contributed by atoms with Crippen LogP contribution < -0.4 is 9.80 Å². The minimum atomic E-state index is 0.209. The summed E-state index contributed by atoms with van der Waals surface area (Å²) in [5, 5.41) is 3.19. The normalized spacial score (nSPS) is 20.1. The van der Waals surface area contributed by atoms with Crippen LogP contribution in [0.4, 0.5) is 11.5 Å². The van der Waals surface area contributed by atoms with Gasteiger partial charge in [0.05, 0.1) is 11.9 Å². The highest BCUT2D eigenvalue weighted by atomic mass is 32.1. The van der Waals surface area contributed by atoms with E-state index < -0.39 is 0 Å². The second kappa shape index (κ2) is 7.72. The topological polar surface area (TPSA) is 52.6 Å². The molecule has 2 aliphatic rings. The first-order valence-electron chi connectivity index (χ1n) is 10.3. The number of aromatic nitrogens is 2. The van der Waals surface area contributed by atoms with Crippen molar-refractivity contribution in [3.8, 4) is 0 Å². The standard InChI is InChI=1S/C22H25N5OS/c1-16-6-7-17-4-2-3-5-19(17)27(16)20(28)14-25-9-11-26(12-10-25)21-18-8-13-29-22(18)24-15-23-21/h2-5,8,13,15-16H,6-7,9-12,14H2,1H3. The zero-order valence-corrected chi connectivity index (χ0v) is 17.4. The predicted octanol–water partition coefficient (Wildman–Crippen LogP) is 3.18. The third kappa shape index (κ3) is 3.49. The van der Waals surface area contributed by atoms with Gasteiger partial charge in [-0.3, -0.25) is 9.69 Å². The van der Waals surface area contributed by atoms with E-state index in [1.54, 1.807) is 17.7 Å². The second-order valence-corrected chi connectivity index (χ2v) is 8.77. The average molecular weight is 408 g/mol. The van der Waals surface area contributed by atoms with E-state index in [9.17, 15) is 4.79 Å². The molecule has 3 aromatic rings. The quantitative estimate of drug-likeness (QED) is 0.668. The summed E-state index contributed by atoms with van der Waals surface area (Å²) in [4.78, 5) is 29.7. The Kier molecular flexibility index (Phi) is 4.93. The number of thiophene rings is 1. The Bertz CT molecular complexity index is 1030. The van der Waals surface area contributed by atoms with Gasteiger partial charge in [-0.15, -0.1) is 11.3 Å². The molecule has 0 N–H and O–H groups in total. The fraction of sp³-hybridized carbons (Fsp3) is 0.409. The number of nitrogens with zero attached hydrogens (tertiary/aromatic N) is 5. The number of para-hydroxylation sites is 1. The van der Waals surface area contributed by atoms with E-state index in [0.717, 1.165) is 60.7 Å². The number of fused-ring (bicyclic) bond motifs is 2. The van der Waals surface area contributed by atoms with Crippen molar-refractivity contribution in [1.29, 1.82) is 0 Å². The molecule has 0 radical (unpaired) electrons. The van der Waals surface area contributed by atoms with Crippen molar-refractivity contribution < 1.29 is 4.79 Å². The van der Waals surface area contributed by atoms with Gasteiger partial charge >= 0.3 is 0 Å². The number of piperazine rings is 1. The summed E-state index contributed by atoms with van der Waals surface area (Å²) < 4.78 is 0. The van der Waals surface area contributed by atoms with Crippen LogP contribution in [0.15, 0.2) is 42.0 Å². The Morgan fingerprint density at radius 2 is 1.97 bits per heavy atom. The van der Waals surface area contributed by atoms with E-state index in [0.29, 0.717) is 6.54 Å². The van der Waals surface area contributed by atoms with Crippen LogP contribution in [0.2, 0.25) is 0 Å². The maximum absolute atomic E-state index is 13.2. The third-order valence-electron chi connectivity index (χ3n) is 6.06. The molecule has 7 heteroatoms. The fourth-order valence-corrected chi connectivity index (χ4v) is 5.21. The molecule has 1 aromatic carbocycles. The first-order valence-corrected chi connectivity index (χ1v) is 11.1. The zero-order valence-electron chi connectivity index (χ0n) is 16.6. The van der Waals surface area contributed by atoms with Gasteiger partial charge in [-0.25, -0.2) is 9.97 Å². The van der Waals surface area contributed by atoms with Gasteiger partial charge in [0.25, 0.3) is 0 Å². The van der Waals surface area contributed by atoms with Crippen LogP contribution in [0.25, 0.3) is 10.2 Å². The molecule has 1 atom stereocenters. The maximum Gasteiger partial charge on any atom is 0.241 e. The van der Waals surface area contributed by atoms with E-state index in [2.05, 4.69) is 56.3 Å². The molecule has 150 valence electrons. The van der Waals surface area contributed by atoms with Crippen molar-refractivity contribution in [3.63, 3.8) is 0 Å². The molecule has 6 nitrogen and oxygen atoms in total. The third-order valence-corrected chi connectivity index (χ3v) is 6.88. The van der Waals surface area contributed by atoms with Crippen molar-refractivity contribution >= 4 is 39.0 Å². The van der Waals surface area contributed by atoms with Gasteiger partial charge in [0.2, 0.25) is 5.91 Å². The first-order chi connectivity index (χ1) is 14.2. The lowest BCUT2D eigenvalue weighted by atomic mass is 9.96. The lowest BCUT2D eigenvalue weighted by Crippen LogP contribution is -2.52. The number of carbonyl (C=O) groups is 1. The molecule has 0 bridgehead atoms. The van der Waals surface area contributed by atoms with E-state index in [1.165, 1.54) is 5.56 Å². The highest BCUT2D eigenvalue weighted by Gasteiger charge is 2.30. The van der Waals surface area contributed by atoms with Crippen LogP contribution in [0.5, 0.6) is 0 Å². The molecule has 2 aromatic heterocycles. The molecule has 2 aliphatic heterocycles. The average Bonchev–Trinajstić information content (AvgIpc) is 3.23. The molecule has 0 saturated carbocycles. The highest BCUT2D eigenvalue weighted by Crippen LogP contribution is 2.31. The minimum Gasteiger partial charge on any atom is -0.353 e. The predicted molar refractivity (Wildman–Crippen MR) is 118 cm³/mol. The van der Waals surface area contributed by atoms with Crippen LogP contribution in [-0.4, -0.2) is 59.5 Å². The minimum absolute atomic E-state index is 0.209.